The average Bonchev–Trinajstić information content (AvgIpc) is 2.39. The van der Waals surface area contributed by atoms with Gasteiger partial charge >= 0.3 is 11.9 Å². The first-order valence-electron chi connectivity index (χ1n) is 6.68. The van der Waals surface area contributed by atoms with Crippen LogP contribution in [0.1, 0.15) is 47.0 Å². The predicted molar refractivity (Wildman–Crippen MR) is 70.0 cm³/mol. The van der Waals surface area contributed by atoms with Crippen LogP contribution in [0.25, 0.3) is 0 Å². The third-order valence-electron chi connectivity index (χ3n) is 2.88. The summed E-state index contributed by atoms with van der Waals surface area (Å²) in [6.07, 6.45) is 1.11. The van der Waals surface area contributed by atoms with Gasteiger partial charge in [0.1, 0.15) is 0 Å². The lowest BCUT2D eigenvalue weighted by atomic mass is 9.76. The van der Waals surface area contributed by atoms with E-state index in [1.165, 1.54) is 0 Å². The number of esters is 2. The van der Waals surface area contributed by atoms with E-state index in [1.807, 2.05) is 19.9 Å². The smallest absolute Gasteiger partial charge is 0.327 e. The van der Waals surface area contributed by atoms with Crippen molar-refractivity contribution >= 4 is 11.9 Å². The van der Waals surface area contributed by atoms with Crippen LogP contribution in [0.2, 0.25) is 0 Å². The first kappa shape index (κ1) is 17.4. The Hall–Kier alpha value is -1.57. The fraction of sp³-hybridized carbons (Fsp3) is 0.786. The molecule has 0 aliphatic rings. The molecule has 0 heterocycles. The molecule has 0 aromatic carbocycles. The molecule has 5 heteroatoms. The fourth-order valence-corrected chi connectivity index (χ4v) is 1.54. The second-order valence-electron chi connectivity index (χ2n) is 4.77. The molecule has 5 nitrogen and oxygen atoms in total. The molecule has 0 aliphatic heterocycles. The van der Waals surface area contributed by atoms with Gasteiger partial charge in [0.05, 0.1) is 25.7 Å². The van der Waals surface area contributed by atoms with Crippen LogP contribution in [0.5, 0.6) is 0 Å². The molecule has 108 valence electrons. The number of ether oxygens (including phenoxy) is 2. The fourth-order valence-electron chi connectivity index (χ4n) is 1.54. The van der Waals surface area contributed by atoms with E-state index in [4.69, 9.17) is 9.47 Å². The summed E-state index contributed by atoms with van der Waals surface area (Å²) in [5.74, 6) is -1.50. The van der Waals surface area contributed by atoms with Crippen LogP contribution < -0.4 is 0 Å². The maximum absolute atomic E-state index is 12.1. The van der Waals surface area contributed by atoms with Crippen molar-refractivity contribution in [2.75, 3.05) is 13.2 Å². The largest absolute Gasteiger partial charge is 0.466 e. The third kappa shape index (κ3) is 4.90. The number of nitrogens with zero attached hydrogens (tertiary/aromatic N) is 1. The molecule has 0 aliphatic carbocycles. The van der Waals surface area contributed by atoms with E-state index in [9.17, 15) is 14.9 Å². The third-order valence-corrected chi connectivity index (χ3v) is 2.88. The summed E-state index contributed by atoms with van der Waals surface area (Å²) in [7, 11) is 0. The van der Waals surface area contributed by atoms with E-state index in [0.29, 0.717) is 19.4 Å². The zero-order valence-corrected chi connectivity index (χ0v) is 12.2. The molecular formula is C14H23NO4. The zero-order chi connectivity index (χ0) is 14.9. The average molecular weight is 269 g/mol. The lowest BCUT2D eigenvalue weighted by Gasteiger charge is -2.27. The molecule has 0 rings (SSSR count). The van der Waals surface area contributed by atoms with Gasteiger partial charge in [-0.2, -0.15) is 5.26 Å². The normalized spacial score (nSPS) is 13.5. The van der Waals surface area contributed by atoms with Crippen LogP contribution in [0.15, 0.2) is 0 Å². The van der Waals surface area contributed by atoms with Crippen molar-refractivity contribution in [3.8, 4) is 6.07 Å². The summed E-state index contributed by atoms with van der Waals surface area (Å²) in [5.41, 5.74) is -1.46. The lowest BCUT2D eigenvalue weighted by Crippen LogP contribution is -2.39. The van der Waals surface area contributed by atoms with Crippen LogP contribution in [-0.4, -0.2) is 25.2 Å². The number of rotatable bonds is 8. The highest BCUT2D eigenvalue weighted by Crippen LogP contribution is 2.33. The second-order valence-corrected chi connectivity index (χ2v) is 4.77. The van der Waals surface area contributed by atoms with E-state index in [0.717, 1.165) is 0 Å². The Morgan fingerprint density at radius 2 is 1.68 bits per heavy atom. The SMILES string of the molecule is CCCOC(=O)CC(C#N)(C(=O)OCCC)C(C)C. The molecule has 0 N–H and O–H groups in total. The minimum absolute atomic E-state index is 0.249. The van der Waals surface area contributed by atoms with Crippen LogP contribution in [0, 0.1) is 22.7 Å². The molecule has 0 radical (unpaired) electrons. The van der Waals surface area contributed by atoms with Gasteiger partial charge in [0.2, 0.25) is 0 Å². The van der Waals surface area contributed by atoms with Crippen LogP contribution in [-0.2, 0) is 19.1 Å². The molecule has 0 aromatic heterocycles. The molecule has 0 saturated carbocycles. The summed E-state index contributed by atoms with van der Waals surface area (Å²) >= 11 is 0. The van der Waals surface area contributed by atoms with Gasteiger partial charge < -0.3 is 9.47 Å². The molecule has 0 spiro atoms. The Balaban J connectivity index is 4.93. The maximum Gasteiger partial charge on any atom is 0.327 e. The summed E-state index contributed by atoms with van der Waals surface area (Å²) in [4.78, 5) is 23.7. The van der Waals surface area contributed by atoms with Gasteiger partial charge in [-0.05, 0) is 18.8 Å². The van der Waals surface area contributed by atoms with Crippen molar-refractivity contribution in [3.05, 3.63) is 0 Å². The quantitative estimate of drug-likeness (QED) is 0.632. The molecule has 19 heavy (non-hydrogen) atoms. The molecule has 0 bridgehead atoms. The van der Waals surface area contributed by atoms with Crippen molar-refractivity contribution < 1.29 is 19.1 Å². The first-order chi connectivity index (χ1) is 8.94. The molecule has 0 fully saturated rings. The minimum Gasteiger partial charge on any atom is -0.466 e. The summed E-state index contributed by atoms with van der Waals surface area (Å²) < 4.78 is 10.0. The number of hydrogen-bond acceptors (Lipinski definition) is 5. The minimum atomic E-state index is -1.46. The molecule has 0 saturated heterocycles. The summed E-state index contributed by atoms with van der Waals surface area (Å²) in [5, 5.41) is 9.33. The Labute approximate surface area is 114 Å². The number of carbonyl (C=O) groups excluding carboxylic acids is 2. The molecular weight excluding hydrogens is 246 g/mol. The van der Waals surface area contributed by atoms with Gasteiger partial charge in [0.15, 0.2) is 5.41 Å². The second kappa shape index (κ2) is 8.52. The van der Waals surface area contributed by atoms with Gasteiger partial charge in [-0.1, -0.05) is 27.7 Å². The first-order valence-corrected chi connectivity index (χ1v) is 6.68. The number of hydrogen-bond donors (Lipinski definition) is 0. The monoisotopic (exact) mass is 269 g/mol. The Morgan fingerprint density at radius 3 is 2.11 bits per heavy atom. The molecule has 0 amide bonds. The van der Waals surface area contributed by atoms with E-state index < -0.39 is 17.4 Å². The van der Waals surface area contributed by atoms with Gasteiger partial charge in [-0.25, -0.2) is 0 Å². The number of carbonyl (C=O) groups is 2. The lowest BCUT2D eigenvalue weighted by molar-refractivity contribution is -0.161. The van der Waals surface area contributed by atoms with Gasteiger partial charge in [0.25, 0.3) is 0 Å². The highest BCUT2D eigenvalue weighted by atomic mass is 16.5. The van der Waals surface area contributed by atoms with Crippen molar-refractivity contribution in [1.29, 1.82) is 5.26 Å². The molecule has 1 atom stereocenters. The highest BCUT2D eigenvalue weighted by Gasteiger charge is 2.46. The van der Waals surface area contributed by atoms with Crippen LogP contribution >= 0.6 is 0 Å². The zero-order valence-electron chi connectivity index (χ0n) is 12.2. The van der Waals surface area contributed by atoms with E-state index in [2.05, 4.69) is 0 Å². The highest BCUT2D eigenvalue weighted by molar-refractivity contribution is 5.86. The molecule has 0 aromatic rings. The van der Waals surface area contributed by atoms with E-state index >= 15 is 0 Å². The maximum atomic E-state index is 12.1. The van der Waals surface area contributed by atoms with Gasteiger partial charge in [0, 0.05) is 0 Å². The van der Waals surface area contributed by atoms with Gasteiger partial charge in [-0.3, -0.25) is 9.59 Å². The van der Waals surface area contributed by atoms with Crippen LogP contribution in [0.3, 0.4) is 0 Å². The predicted octanol–water partition coefficient (Wildman–Crippen LogP) is 2.45. The van der Waals surface area contributed by atoms with Gasteiger partial charge in [-0.15, -0.1) is 0 Å². The Morgan fingerprint density at radius 1 is 1.16 bits per heavy atom. The van der Waals surface area contributed by atoms with E-state index in [1.54, 1.807) is 13.8 Å². The van der Waals surface area contributed by atoms with Crippen molar-refractivity contribution in [2.24, 2.45) is 11.3 Å². The topological polar surface area (TPSA) is 76.4 Å². The van der Waals surface area contributed by atoms with Crippen molar-refractivity contribution in [1.82, 2.24) is 0 Å². The van der Waals surface area contributed by atoms with E-state index in [-0.39, 0.29) is 18.9 Å². The van der Waals surface area contributed by atoms with Crippen molar-refractivity contribution in [3.63, 3.8) is 0 Å². The standard InChI is InChI=1S/C14H23NO4/c1-5-7-18-12(16)9-14(10-15,11(3)4)13(17)19-8-6-2/h11H,5-9H2,1-4H3. The summed E-state index contributed by atoms with van der Waals surface area (Å²) in [6.45, 7) is 7.74. The molecule has 1 unspecified atom stereocenters. The Kier molecular flexibility index (Phi) is 7.81. The number of nitriles is 1. The summed E-state index contributed by atoms with van der Waals surface area (Å²) in [6, 6.07) is 1.96. The van der Waals surface area contributed by atoms with Crippen LogP contribution in [0.4, 0.5) is 0 Å². The van der Waals surface area contributed by atoms with Crippen molar-refractivity contribution in [2.45, 2.75) is 47.0 Å². The Bertz CT molecular complexity index is 346.